The van der Waals surface area contributed by atoms with Crippen LogP contribution in [0.25, 0.3) is 0 Å². The number of hydrogen-bond acceptors (Lipinski definition) is 4. The van der Waals surface area contributed by atoms with Crippen LogP contribution in [0.5, 0.6) is 0 Å². The first-order chi connectivity index (χ1) is 8.63. The summed E-state index contributed by atoms with van der Waals surface area (Å²) in [5.41, 5.74) is 5.54. The maximum atomic E-state index is 5.82. The molecule has 0 amide bonds. The zero-order valence-corrected chi connectivity index (χ0v) is 11.6. The number of nitrogen functional groups attached to an aromatic ring is 1. The second kappa shape index (κ2) is 6.23. The van der Waals surface area contributed by atoms with Gasteiger partial charge in [-0.15, -0.1) is 0 Å². The molecule has 1 aliphatic carbocycles. The highest BCUT2D eigenvalue weighted by molar-refractivity contribution is 6.29. The summed E-state index contributed by atoms with van der Waals surface area (Å²) in [7, 11) is 0. The maximum absolute atomic E-state index is 5.82. The molecule has 1 aliphatic rings. The molecule has 0 spiro atoms. The molecule has 2 rings (SSSR count). The van der Waals surface area contributed by atoms with E-state index in [2.05, 4.69) is 22.2 Å². The van der Waals surface area contributed by atoms with Gasteiger partial charge in [-0.05, 0) is 18.3 Å². The van der Waals surface area contributed by atoms with Gasteiger partial charge in [0.15, 0.2) is 0 Å². The Morgan fingerprint density at radius 1 is 1.33 bits per heavy atom. The van der Waals surface area contributed by atoms with Gasteiger partial charge in [0.05, 0.1) is 0 Å². The standard InChI is InChI=1S/C13H21ClN4/c1-9-2-4-10(5-3-9)6-7-16-12-8-11(14)17-13(15)18-12/h8-10H,2-7H2,1H3,(H3,15,16,17,18). The van der Waals surface area contributed by atoms with Crippen molar-refractivity contribution in [3.63, 3.8) is 0 Å². The molecule has 18 heavy (non-hydrogen) atoms. The van der Waals surface area contributed by atoms with Crippen molar-refractivity contribution in [2.75, 3.05) is 17.6 Å². The van der Waals surface area contributed by atoms with E-state index in [1.54, 1.807) is 6.07 Å². The Morgan fingerprint density at radius 3 is 2.72 bits per heavy atom. The van der Waals surface area contributed by atoms with E-state index in [0.29, 0.717) is 5.15 Å². The van der Waals surface area contributed by atoms with Gasteiger partial charge in [0.1, 0.15) is 11.0 Å². The third-order valence-electron chi connectivity index (χ3n) is 3.71. The van der Waals surface area contributed by atoms with Crippen LogP contribution in [0.2, 0.25) is 5.15 Å². The molecule has 0 atom stereocenters. The summed E-state index contributed by atoms with van der Waals surface area (Å²) >= 11 is 5.82. The molecular weight excluding hydrogens is 248 g/mol. The zero-order chi connectivity index (χ0) is 13.0. The van der Waals surface area contributed by atoms with Gasteiger partial charge in [-0.3, -0.25) is 0 Å². The topological polar surface area (TPSA) is 63.8 Å². The maximum Gasteiger partial charge on any atom is 0.223 e. The lowest BCUT2D eigenvalue weighted by Gasteiger charge is -2.26. The molecule has 1 aromatic rings. The molecule has 1 heterocycles. The Balaban J connectivity index is 1.74. The molecular formula is C13H21ClN4. The first kappa shape index (κ1) is 13.4. The highest BCUT2D eigenvalue weighted by atomic mass is 35.5. The lowest BCUT2D eigenvalue weighted by Crippen LogP contribution is -2.16. The van der Waals surface area contributed by atoms with Crippen molar-refractivity contribution in [1.29, 1.82) is 0 Å². The second-order valence-electron chi connectivity index (χ2n) is 5.28. The monoisotopic (exact) mass is 268 g/mol. The highest BCUT2D eigenvalue weighted by Gasteiger charge is 2.17. The number of nitrogens with one attached hydrogen (secondary N) is 1. The predicted octanol–water partition coefficient (Wildman–Crippen LogP) is 3.34. The number of nitrogens with two attached hydrogens (primary N) is 1. The van der Waals surface area contributed by atoms with Crippen LogP contribution >= 0.6 is 11.6 Å². The van der Waals surface area contributed by atoms with Crippen LogP contribution < -0.4 is 11.1 Å². The molecule has 100 valence electrons. The summed E-state index contributed by atoms with van der Waals surface area (Å²) in [5.74, 6) is 2.70. The summed E-state index contributed by atoms with van der Waals surface area (Å²) in [6, 6.07) is 1.71. The number of halogens is 1. The average Bonchev–Trinajstić information content (AvgIpc) is 2.30. The summed E-state index contributed by atoms with van der Waals surface area (Å²) in [6.07, 6.45) is 6.65. The van der Waals surface area contributed by atoms with Crippen LogP contribution in [0.15, 0.2) is 6.07 Å². The van der Waals surface area contributed by atoms with Crippen LogP contribution in [0.3, 0.4) is 0 Å². The van der Waals surface area contributed by atoms with Crippen molar-refractivity contribution in [2.45, 2.75) is 39.0 Å². The highest BCUT2D eigenvalue weighted by Crippen LogP contribution is 2.30. The van der Waals surface area contributed by atoms with Gasteiger partial charge in [-0.1, -0.05) is 44.2 Å². The molecule has 0 aromatic carbocycles. The van der Waals surface area contributed by atoms with Crippen LogP contribution in [-0.2, 0) is 0 Å². The number of hydrogen-bond donors (Lipinski definition) is 2. The number of aromatic nitrogens is 2. The summed E-state index contributed by atoms with van der Waals surface area (Å²) in [6.45, 7) is 3.27. The van der Waals surface area contributed by atoms with Crippen LogP contribution in [0.4, 0.5) is 11.8 Å². The van der Waals surface area contributed by atoms with Gasteiger partial charge in [-0.2, -0.15) is 4.98 Å². The molecule has 1 saturated carbocycles. The van der Waals surface area contributed by atoms with E-state index < -0.39 is 0 Å². The molecule has 1 aromatic heterocycles. The number of anilines is 2. The molecule has 5 heteroatoms. The van der Waals surface area contributed by atoms with E-state index in [1.807, 2.05) is 0 Å². The minimum absolute atomic E-state index is 0.219. The van der Waals surface area contributed by atoms with Gasteiger partial charge in [0.2, 0.25) is 5.95 Å². The van der Waals surface area contributed by atoms with Crippen molar-refractivity contribution >= 4 is 23.4 Å². The zero-order valence-electron chi connectivity index (χ0n) is 10.8. The van der Waals surface area contributed by atoms with Crippen molar-refractivity contribution in [2.24, 2.45) is 11.8 Å². The molecule has 0 aliphatic heterocycles. The van der Waals surface area contributed by atoms with Gasteiger partial charge >= 0.3 is 0 Å². The van der Waals surface area contributed by atoms with Gasteiger partial charge in [-0.25, -0.2) is 4.98 Å². The molecule has 1 fully saturated rings. The SMILES string of the molecule is CC1CCC(CCNc2cc(Cl)nc(N)n2)CC1. The van der Waals surface area contributed by atoms with Gasteiger partial charge in [0, 0.05) is 12.6 Å². The quantitative estimate of drug-likeness (QED) is 0.822. The normalized spacial score (nSPS) is 23.9. The van der Waals surface area contributed by atoms with E-state index in [4.69, 9.17) is 17.3 Å². The Kier molecular flexibility index (Phi) is 4.64. The van der Waals surface area contributed by atoms with Gasteiger partial charge in [0.25, 0.3) is 0 Å². The summed E-state index contributed by atoms with van der Waals surface area (Å²) in [5, 5.41) is 3.65. The first-order valence-corrected chi connectivity index (χ1v) is 7.05. The van der Waals surface area contributed by atoms with Crippen LogP contribution in [0.1, 0.15) is 39.0 Å². The Bertz CT molecular complexity index is 368. The largest absolute Gasteiger partial charge is 0.370 e. The van der Waals surface area contributed by atoms with E-state index >= 15 is 0 Å². The molecule has 3 N–H and O–H groups in total. The smallest absolute Gasteiger partial charge is 0.223 e. The molecule has 0 unspecified atom stereocenters. The first-order valence-electron chi connectivity index (χ1n) is 6.67. The minimum atomic E-state index is 0.219. The minimum Gasteiger partial charge on any atom is -0.370 e. The van der Waals surface area contributed by atoms with E-state index in [1.165, 1.54) is 32.1 Å². The fourth-order valence-electron chi connectivity index (χ4n) is 2.55. The fourth-order valence-corrected chi connectivity index (χ4v) is 2.74. The lowest BCUT2D eigenvalue weighted by atomic mass is 9.81. The van der Waals surface area contributed by atoms with Crippen molar-refractivity contribution < 1.29 is 0 Å². The molecule has 0 saturated heterocycles. The third kappa shape index (κ3) is 4.02. The molecule has 0 radical (unpaired) electrons. The lowest BCUT2D eigenvalue weighted by molar-refractivity contribution is 0.282. The van der Waals surface area contributed by atoms with E-state index in [0.717, 1.165) is 24.2 Å². The van der Waals surface area contributed by atoms with Crippen molar-refractivity contribution in [3.8, 4) is 0 Å². The molecule has 0 bridgehead atoms. The van der Waals surface area contributed by atoms with Gasteiger partial charge < -0.3 is 11.1 Å². The summed E-state index contributed by atoms with van der Waals surface area (Å²) < 4.78 is 0. The third-order valence-corrected chi connectivity index (χ3v) is 3.90. The average molecular weight is 269 g/mol. The Labute approximate surface area is 113 Å². The second-order valence-corrected chi connectivity index (χ2v) is 5.66. The van der Waals surface area contributed by atoms with Crippen molar-refractivity contribution in [1.82, 2.24) is 9.97 Å². The predicted molar refractivity (Wildman–Crippen MR) is 75.7 cm³/mol. The number of rotatable bonds is 4. The Hall–Kier alpha value is -1.03. The number of nitrogens with zero attached hydrogens (tertiary/aromatic N) is 2. The van der Waals surface area contributed by atoms with Crippen LogP contribution in [-0.4, -0.2) is 16.5 Å². The van der Waals surface area contributed by atoms with E-state index in [9.17, 15) is 0 Å². The van der Waals surface area contributed by atoms with E-state index in [-0.39, 0.29) is 5.95 Å². The summed E-state index contributed by atoms with van der Waals surface area (Å²) in [4.78, 5) is 7.93. The van der Waals surface area contributed by atoms with Crippen LogP contribution in [0, 0.1) is 11.8 Å². The molecule has 4 nitrogen and oxygen atoms in total. The Morgan fingerprint density at radius 2 is 2.06 bits per heavy atom. The fraction of sp³-hybridized carbons (Fsp3) is 0.692. The van der Waals surface area contributed by atoms with Crippen molar-refractivity contribution in [3.05, 3.63) is 11.2 Å².